The Morgan fingerprint density at radius 1 is 1.21 bits per heavy atom. The predicted octanol–water partition coefficient (Wildman–Crippen LogP) is 2.52. The summed E-state index contributed by atoms with van der Waals surface area (Å²) in [6, 6.07) is 9.65. The summed E-state index contributed by atoms with van der Waals surface area (Å²) in [6.45, 7) is 0. The van der Waals surface area contributed by atoms with Crippen molar-refractivity contribution in [2.75, 3.05) is 0 Å². The van der Waals surface area contributed by atoms with Crippen molar-refractivity contribution >= 4 is 38.6 Å². The smallest absolute Gasteiger partial charge is 0.234 e. The lowest BCUT2D eigenvalue weighted by atomic mass is 9.90. The lowest BCUT2D eigenvalue weighted by Gasteiger charge is -2.21. The molecule has 0 bridgehead atoms. The van der Waals surface area contributed by atoms with Crippen molar-refractivity contribution in [1.82, 2.24) is 10.3 Å². The van der Waals surface area contributed by atoms with Gasteiger partial charge in [0.25, 0.3) is 0 Å². The number of pyridine rings is 1. The van der Waals surface area contributed by atoms with Crippen LogP contribution >= 0.6 is 15.9 Å². The Morgan fingerprint density at radius 2 is 2.00 bits per heavy atom. The molecule has 5 heteroatoms. The molecule has 96 valence electrons. The minimum absolute atomic E-state index is 0.192. The van der Waals surface area contributed by atoms with E-state index in [4.69, 9.17) is 0 Å². The van der Waals surface area contributed by atoms with Crippen LogP contribution in [0.2, 0.25) is 0 Å². The minimum atomic E-state index is -0.261. The monoisotopic (exact) mass is 318 g/mol. The van der Waals surface area contributed by atoms with Crippen LogP contribution in [-0.2, 0) is 9.59 Å². The van der Waals surface area contributed by atoms with Crippen LogP contribution < -0.4 is 5.32 Å². The summed E-state index contributed by atoms with van der Waals surface area (Å²) < 4.78 is 0.764. The van der Waals surface area contributed by atoms with E-state index in [1.807, 2.05) is 30.3 Å². The summed E-state index contributed by atoms with van der Waals surface area (Å²) in [5.74, 6) is -0.670. The molecular formula is C14H11BrN2O2. The topological polar surface area (TPSA) is 59.1 Å². The molecular weight excluding hydrogens is 308 g/mol. The second-order valence-electron chi connectivity index (χ2n) is 4.59. The van der Waals surface area contributed by atoms with Gasteiger partial charge in [-0.3, -0.25) is 14.9 Å². The summed E-state index contributed by atoms with van der Waals surface area (Å²) >= 11 is 3.34. The summed E-state index contributed by atoms with van der Waals surface area (Å²) in [5, 5.41) is 3.41. The van der Waals surface area contributed by atoms with Gasteiger partial charge in [0.05, 0.1) is 11.4 Å². The highest BCUT2D eigenvalue weighted by molar-refractivity contribution is 9.10. The molecule has 1 atom stereocenters. The first-order chi connectivity index (χ1) is 9.13. The van der Waals surface area contributed by atoms with E-state index in [1.165, 1.54) is 0 Å². The number of nitrogens with zero attached hydrogens (tertiary/aromatic N) is 1. The van der Waals surface area contributed by atoms with Gasteiger partial charge in [0.1, 0.15) is 4.60 Å². The summed E-state index contributed by atoms with van der Waals surface area (Å²) in [5.41, 5.74) is 1.75. The molecule has 1 aliphatic heterocycles. The van der Waals surface area contributed by atoms with Gasteiger partial charge in [-0.2, -0.15) is 0 Å². The van der Waals surface area contributed by atoms with Crippen LogP contribution in [0.3, 0.4) is 0 Å². The normalized spacial score (nSPS) is 19.5. The second kappa shape index (κ2) is 4.74. The number of nitrogens with one attached hydrogen (secondary N) is 1. The summed E-state index contributed by atoms with van der Waals surface area (Å²) in [4.78, 5) is 27.4. The van der Waals surface area contributed by atoms with E-state index in [0.29, 0.717) is 12.8 Å². The van der Waals surface area contributed by atoms with E-state index in [2.05, 4.69) is 26.2 Å². The lowest BCUT2D eigenvalue weighted by molar-refractivity contribution is -0.134. The average Bonchev–Trinajstić information content (AvgIpc) is 2.38. The molecule has 3 rings (SSSR count). The van der Waals surface area contributed by atoms with Gasteiger partial charge in [-0.25, -0.2) is 4.98 Å². The van der Waals surface area contributed by atoms with Crippen molar-refractivity contribution in [2.45, 2.75) is 18.8 Å². The van der Waals surface area contributed by atoms with Gasteiger partial charge in [0, 0.05) is 11.8 Å². The van der Waals surface area contributed by atoms with Crippen molar-refractivity contribution in [3.05, 3.63) is 40.5 Å². The Kier molecular flexibility index (Phi) is 3.06. The predicted molar refractivity (Wildman–Crippen MR) is 74.6 cm³/mol. The van der Waals surface area contributed by atoms with Gasteiger partial charge in [0.2, 0.25) is 11.8 Å². The summed E-state index contributed by atoms with van der Waals surface area (Å²) in [6.07, 6.45) is 0.949. The van der Waals surface area contributed by atoms with E-state index < -0.39 is 0 Å². The average molecular weight is 319 g/mol. The number of amides is 2. The standard InChI is InChI=1S/C14H11BrN2O2/c15-12-5-3-8-1-2-9(7-11(8)16-12)10-4-6-13(18)17-14(10)19/h1-3,5,7,10H,4,6H2,(H,17,18,19). The van der Waals surface area contributed by atoms with Crippen LogP contribution in [0.4, 0.5) is 0 Å². The fourth-order valence-electron chi connectivity index (χ4n) is 2.34. The quantitative estimate of drug-likeness (QED) is 0.649. The number of halogens is 1. The first-order valence-corrected chi connectivity index (χ1v) is 6.83. The van der Waals surface area contributed by atoms with Crippen molar-refractivity contribution in [3.63, 3.8) is 0 Å². The molecule has 1 aromatic heterocycles. The van der Waals surface area contributed by atoms with E-state index in [1.54, 1.807) is 0 Å². The highest BCUT2D eigenvalue weighted by Gasteiger charge is 2.27. The van der Waals surface area contributed by atoms with Crippen molar-refractivity contribution in [3.8, 4) is 0 Å². The number of aromatic nitrogens is 1. The van der Waals surface area contributed by atoms with Crippen LogP contribution in [0.1, 0.15) is 24.3 Å². The molecule has 1 saturated heterocycles. The number of hydrogen-bond donors (Lipinski definition) is 1. The van der Waals surface area contributed by atoms with E-state index in [-0.39, 0.29) is 17.7 Å². The number of piperidine rings is 1. The van der Waals surface area contributed by atoms with Gasteiger partial charge in [-0.1, -0.05) is 18.2 Å². The third-order valence-electron chi connectivity index (χ3n) is 3.32. The molecule has 1 aromatic carbocycles. The molecule has 0 saturated carbocycles. The molecule has 0 aliphatic carbocycles. The van der Waals surface area contributed by atoms with Crippen LogP contribution in [0, 0.1) is 0 Å². The number of carbonyl (C=O) groups excluding carboxylic acids is 2. The minimum Gasteiger partial charge on any atom is -0.296 e. The Morgan fingerprint density at radius 3 is 2.79 bits per heavy atom. The number of hydrogen-bond acceptors (Lipinski definition) is 3. The highest BCUT2D eigenvalue weighted by Crippen LogP contribution is 2.27. The fourth-order valence-corrected chi connectivity index (χ4v) is 2.66. The zero-order chi connectivity index (χ0) is 13.4. The van der Waals surface area contributed by atoms with Gasteiger partial charge in [0.15, 0.2) is 0 Å². The maximum atomic E-state index is 11.8. The third kappa shape index (κ3) is 2.38. The van der Waals surface area contributed by atoms with Gasteiger partial charge < -0.3 is 0 Å². The molecule has 19 heavy (non-hydrogen) atoms. The van der Waals surface area contributed by atoms with E-state index in [0.717, 1.165) is 21.1 Å². The van der Waals surface area contributed by atoms with Gasteiger partial charge >= 0.3 is 0 Å². The van der Waals surface area contributed by atoms with E-state index >= 15 is 0 Å². The van der Waals surface area contributed by atoms with E-state index in [9.17, 15) is 9.59 Å². The Labute approximate surface area is 118 Å². The molecule has 1 unspecified atom stereocenters. The molecule has 2 amide bonds. The van der Waals surface area contributed by atoms with Crippen molar-refractivity contribution in [1.29, 1.82) is 0 Å². The molecule has 1 aliphatic rings. The number of imide groups is 1. The lowest BCUT2D eigenvalue weighted by Crippen LogP contribution is -2.39. The Balaban J connectivity index is 2.01. The van der Waals surface area contributed by atoms with Crippen LogP contribution in [0.5, 0.6) is 0 Å². The molecule has 1 N–H and O–H groups in total. The van der Waals surface area contributed by atoms with Crippen LogP contribution in [0.15, 0.2) is 34.9 Å². The molecule has 1 fully saturated rings. The third-order valence-corrected chi connectivity index (χ3v) is 3.77. The SMILES string of the molecule is O=C1CCC(c2ccc3ccc(Br)nc3c2)C(=O)N1. The van der Waals surface area contributed by atoms with Crippen LogP contribution in [0.25, 0.3) is 10.9 Å². The van der Waals surface area contributed by atoms with Crippen molar-refractivity contribution in [2.24, 2.45) is 0 Å². The zero-order valence-corrected chi connectivity index (χ0v) is 11.6. The molecule has 2 aromatic rings. The second-order valence-corrected chi connectivity index (χ2v) is 5.40. The molecule has 4 nitrogen and oxygen atoms in total. The fraction of sp³-hybridized carbons (Fsp3) is 0.214. The Bertz CT molecular complexity index is 684. The zero-order valence-electron chi connectivity index (χ0n) is 10.0. The highest BCUT2D eigenvalue weighted by atomic mass is 79.9. The number of carbonyl (C=O) groups is 2. The first kappa shape index (κ1) is 12.3. The van der Waals surface area contributed by atoms with Crippen LogP contribution in [-0.4, -0.2) is 16.8 Å². The largest absolute Gasteiger partial charge is 0.296 e. The number of benzene rings is 1. The molecule has 0 radical (unpaired) electrons. The molecule has 2 heterocycles. The first-order valence-electron chi connectivity index (χ1n) is 6.03. The van der Waals surface area contributed by atoms with Crippen molar-refractivity contribution < 1.29 is 9.59 Å². The molecule has 0 spiro atoms. The number of fused-ring (bicyclic) bond motifs is 1. The maximum absolute atomic E-state index is 11.8. The number of rotatable bonds is 1. The summed E-state index contributed by atoms with van der Waals surface area (Å²) in [7, 11) is 0. The van der Waals surface area contributed by atoms with Gasteiger partial charge in [-0.05, 0) is 40.0 Å². The Hall–Kier alpha value is -1.75. The van der Waals surface area contributed by atoms with Gasteiger partial charge in [-0.15, -0.1) is 0 Å². The maximum Gasteiger partial charge on any atom is 0.234 e.